The van der Waals surface area contributed by atoms with Gasteiger partial charge in [0.25, 0.3) is 5.69 Å². The standard InChI is InChI=1S/C22H21N3O3/c1-16(22(26)24-19-14-8-9-15-20(19)25(27)28)23-21(17-10-4-2-5-11-17)18-12-6-3-7-13-18/h2-16,21,23H,1H3,(H,24,26)/t16-/m1/s1. The smallest absolute Gasteiger partial charge is 0.292 e. The third-order valence-corrected chi connectivity index (χ3v) is 4.43. The van der Waals surface area contributed by atoms with Crippen molar-refractivity contribution >= 4 is 17.3 Å². The van der Waals surface area contributed by atoms with E-state index in [0.29, 0.717) is 0 Å². The minimum Gasteiger partial charge on any atom is -0.319 e. The fraction of sp³-hybridized carbons (Fsp3) is 0.136. The molecule has 28 heavy (non-hydrogen) atoms. The van der Waals surface area contributed by atoms with E-state index in [-0.39, 0.29) is 23.3 Å². The van der Waals surface area contributed by atoms with Crippen LogP contribution in [0.25, 0.3) is 0 Å². The van der Waals surface area contributed by atoms with Gasteiger partial charge in [-0.15, -0.1) is 0 Å². The van der Waals surface area contributed by atoms with Gasteiger partial charge >= 0.3 is 0 Å². The van der Waals surface area contributed by atoms with Crippen LogP contribution >= 0.6 is 0 Å². The highest BCUT2D eigenvalue weighted by molar-refractivity contribution is 5.96. The molecule has 0 aliphatic carbocycles. The van der Waals surface area contributed by atoms with Crippen molar-refractivity contribution in [2.45, 2.75) is 19.0 Å². The fourth-order valence-corrected chi connectivity index (χ4v) is 2.98. The number of nitrogens with zero attached hydrogens (tertiary/aromatic N) is 1. The fourth-order valence-electron chi connectivity index (χ4n) is 2.98. The molecule has 0 saturated carbocycles. The highest BCUT2D eigenvalue weighted by Gasteiger charge is 2.22. The van der Waals surface area contributed by atoms with Crippen molar-refractivity contribution in [2.24, 2.45) is 0 Å². The second-order valence-corrected chi connectivity index (χ2v) is 6.41. The van der Waals surface area contributed by atoms with E-state index < -0.39 is 11.0 Å². The van der Waals surface area contributed by atoms with Gasteiger partial charge < -0.3 is 5.32 Å². The lowest BCUT2D eigenvalue weighted by Gasteiger charge is -2.24. The van der Waals surface area contributed by atoms with E-state index in [1.807, 2.05) is 60.7 Å². The van der Waals surface area contributed by atoms with Crippen LogP contribution in [0.3, 0.4) is 0 Å². The molecule has 1 amide bonds. The first-order chi connectivity index (χ1) is 13.6. The number of amides is 1. The number of rotatable bonds is 7. The van der Waals surface area contributed by atoms with Crippen LogP contribution in [0, 0.1) is 10.1 Å². The SMILES string of the molecule is C[C@@H](NC(c1ccccc1)c1ccccc1)C(=O)Nc1ccccc1[N+](=O)[O-]. The molecule has 0 bridgehead atoms. The van der Waals surface area contributed by atoms with Crippen LogP contribution in [-0.4, -0.2) is 16.9 Å². The largest absolute Gasteiger partial charge is 0.319 e. The van der Waals surface area contributed by atoms with Crippen LogP contribution in [0.2, 0.25) is 0 Å². The zero-order valence-electron chi connectivity index (χ0n) is 15.4. The number of hydrogen-bond donors (Lipinski definition) is 2. The highest BCUT2D eigenvalue weighted by atomic mass is 16.6. The highest BCUT2D eigenvalue weighted by Crippen LogP contribution is 2.25. The third kappa shape index (κ3) is 4.61. The molecule has 3 aromatic carbocycles. The molecule has 2 N–H and O–H groups in total. The maximum absolute atomic E-state index is 12.7. The summed E-state index contributed by atoms with van der Waals surface area (Å²) in [5.74, 6) is -0.342. The monoisotopic (exact) mass is 375 g/mol. The third-order valence-electron chi connectivity index (χ3n) is 4.43. The summed E-state index contributed by atoms with van der Waals surface area (Å²) in [6.07, 6.45) is 0. The normalized spacial score (nSPS) is 11.8. The van der Waals surface area contributed by atoms with Gasteiger partial charge in [0.1, 0.15) is 5.69 Å². The van der Waals surface area contributed by atoms with E-state index in [4.69, 9.17) is 0 Å². The summed E-state index contributed by atoms with van der Waals surface area (Å²) in [6.45, 7) is 1.74. The van der Waals surface area contributed by atoms with E-state index in [0.717, 1.165) is 11.1 Å². The Morgan fingerprint density at radius 3 is 1.89 bits per heavy atom. The molecule has 0 radical (unpaired) electrons. The van der Waals surface area contributed by atoms with Crippen LogP contribution in [0.15, 0.2) is 84.9 Å². The molecule has 0 heterocycles. The minimum absolute atomic E-state index is 0.134. The number of anilines is 1. The van der Waals surface area contributed by atoms with Gasteiger partial charge in [-0.2, -0.15) is 0 Å². The van der Waals surface area contributed by atoms with Gasteiger partial charge in [-0.25, -0.2) is 0 Å². The molecule has 0 aliphatic heterocycles. The molecule has 142 valence electrons. The first-order valence-electron chi connectivity index (χ1n) is 8.96. The second kappa shape index (κ2) is 8.92. The lowest BCUT2D eigenvalue weighted by molar-refractivity contribution is -0.383. The molecule has 0 saturated heterocycles. The van der Waals surface area contributed by atoms with E-state index in [1.54, 1.807) is 19.1 Å². The molecule has 6 heteroatoms. The minimum atomic E-state index is -0.578. The molecule has 0 fully saturated rings. The Morgan fingerprint density at radius 2 is 1.36 bits per heavy atom. The average molecular weight is 375 g/mol. The summed E-state index contributed by atoms with van der Waals surface area (Å²) in [7, 11) is 0. The molecular weight excluding hydrogens is 354 g/mol. The van der Waals surface area contributed by atoms with Crippen LogP contribution in [0.5, 0.6) is 0 Å². The van der Waals surface area contributed by atoms with E-state index in [2.05, 4.69) is 10.6 Å². The zero-order valence-corrected chi connectivity index (χ0v) is 15.4. The van der Waals surface area contributed by atoms with Crippen LogP contribution in [-0.2, 0) is 4.79 Å². The molecule has 0 aliphatic rings. The Balaban J connectivity index is 1.80. The van der Waals surface area contributed by atoms with E-state index in [1.165, 1.54) is 12.1 Å². The van der Waals surface area contributed by atoms with Gasteiger partial charge in [-0.3, -0.25) is 20.2 Å². The predicted molar refractivity (Wildman–Crippen MR) is 109 cm³/mol. The molecule has 0 spiro atoms. The molecule has 3 rings (SSSR count). The van der Waals surface area contributed by atoms with Crippen molar-refractivity contribution in [3.63, 3.8) is 0 Å². The summed E-state index contributed by atoms with van der Waals surface area (Å²) in [5, 5.41) is 17.2. The van der Waals surface area contributed by atoms with Crippen molar-refractivity contribution in [3.05, 3.63) is 106 Å². The average Bonchev–Trinajstić information content (AvgIpc) is 2.73. The molecule has 6 nitrogen and oxygen atoms in total. The summed E-state index contributed by atoms with van der Waals surface area (Å²) in [5.41, 5.74) is 2.10. The summed E-state index contributed by atoms with van der Waals surface area (Å²) >= 11 is 0. The molecule has 0 unspecified atom stereocenters. The van der Waals surface area contributed by atoms with Crippen LogP contribution in [0.1, 0.15) is 24.1 Å². The predicted octanol–water partition coefficient (Wildman–Crippen LogP) is 4.30. The quantitative estimate of drug-likeness (QED) is 0.476. The molecule has 0 aromatic heterocycles. The van der Waals surface area contributed by atoms with Gasteiger partial charge in [0, 0.05) is 6.07 Å². The Morgan fingerprint density at radius 1 is 0.857 bits per heavy atom. The number of hydrogen-bond acceptors (Lipinski definition) is 4. The zero-order chi connectivity index (χ0) is 19.9. The summed E-state index contributed by atoms with van der Waals surface area (Å²) in [4.78, 5) is 23.3. The maximum Gasteiger partial charge on any atom is 0.292 e. The number of para-hydroxylation sites is 2. The Kier molecular flexibility index (Phi) is 6.14. The summed E-state index contributed by atoms with van der Waals surface area (Å²) < 4.78 is 0. The van der Waals surface area contributed by atoms with Crippen molar-refractivity contribution in [2.75, 3.05) is 5.32 Å². The topological polar surface area (TPSA) is 84.3 Å². The Hall–Kier alpha value is -3.51. The van der Waals surface area contributed by atoms with Gasteiger partial charge in [0.2, 0.25) is 5.91 Å². The van der Waals surface area contributed by atoms with Gasteiger partial charge in [-0.1, -0.05) is 72.8 Å². The molecule has 3 aromatic rings. The van der Waals surface area contributed by atoms with Gasteiger partial charge in [0.15, 0.2) is 0 Å². The maximum atomic E-state index is 12.7. The first kappa shape index (κ1) is 19.3. The van der Waals surface area contributed by atoms with E-state index in [9.17, 15) is 14.9 Å². The van der Waals surface area contributed by atoms with Crippen molar-refractivity contribution < 1.29 is 9.72 Å². The van der Waals surface area contributed by atoms with Crippen molar-refractivity contribution in [1.29, 1.82) is 0 Å². The first-order valence-corrected chi connectivity index (χ1v) is 8.96. The van der Waals surface area contributed by atoms with Crippen molar-refractivity contribution in [1.82, 2.24) is 5.32 Å². The van der Waals surface area contributed by atoms with Gasteiger partial charge in [-0.05, 0) is 24.1 Å². The second-order valence-electron chi connectivity index (χ2n) is 6.41. The molecule has 1 atom stereocenters. The summed E-state index contributed by atoms with van der Waals surface area (Å²) in [6, 6.07) is 25.0. The number of carbonyl (C=O) groups excluding carboxylic acids is 1. The number of nitro benzene ring substituents is 1. The van der Waals surface area contributed by atoms with Crippen LogP contribution < -0.4 is 10.6 Å². The van der Waals surface area contributed by atoms with E-state index >= 15 is 0 Å². The lowest BCUT2D eigenvalue weighted by atomic mass is 9.98. The number of nitrogens with one attached hydrogen (secondary N) is 2. The number of carbonyl (C=O) groups is 1. The molecular formula is C22H21N3O3. The van der Waals surface area contributed by atoms with Crippen LogP contribution in [0.4, 0.5) is 11.4 Å². The van der Waals surface area contributed by atoms with Gasteiger partial charge in [0.05, 0.1) is 17.0 Å². The lowest BCUT2D eigenvalue weighted by Crippen LogP contribution is -2.40. The Bertz CT molecular complexity index is 906. The Labute approximate surface area is 163 Å². The number of nitro groups is 1. The van der Waals surface area contributed by atoms with Crippen molar-refractivity contribution in [3.8, 4) is 0 Å². The number of benzene rings is 3.